The fourth-order valence-corrected chi connectivity index (χ4v) is 2.36. The van der Waals surface area contributed by atoms with Crippen LogP contribution in [0.1, 0.15) is 16.1 Å². The molecule has 0 unspecified atom stereocenters. The smallest absolute Gasteiger partial charge is 0.335 e. The highest BCUT2D eigenvalue weighted by Gasteiger charge is 2.06. The molecule has 7 nitrogen and oxygen atoms in total. The van der Waals surface area contributed by atoms with Gasteiger partial charge in [0, 0.05) is 29.2 Å². The zero-order valence-corrected chi connectivity index (χ0v) is 14.4. The Bertz CT molecular complexity index is 926. The van der Waals surface area contributed by atoms with E-state index in [1.807, 2.05) is 37.3 Å². The minimum atomic E-state index is -0.959. The zero-order valence-electron chi connectivity index (χ0n) is 14.4. The van der Waals surface area contributed by atoms with Gasteiger partial charge in [0.2, 0.25) is 5.95 Å². The highest BCUT2D eigenvalue weighted by Crippen LogP contribution is 2.22. The van der Waals surface area contributed by atoms with Gasteiger partial charge in [0.25, 0.3) is 0 Å². The third-order valence-corrected chi connectivity index (χ3v) is 3.58. The van der Waals surface area contributed by atoms with Crippen LogP contribution in [0.4, 0.5) is 23.1 Å². The van der Waals surface area contributed by atoms with Gasteiger partial charge in [-0.25, -0.2) is 9.78 Å². The Morgan fingerprint density at radius 3 is 2.46 bits per heavy atom. The number of rotatable bonds is 6. The molecular formula is C19H18N4O3. The predicted octanol–water partition coefficient (Wildman–Crippen LogP) is 3.98. The van der Waals surface area contributed by atoms with Crippen LogP contribution >= 0.6 is 0 Å². The van der Waals surface area contributed by atoms with Crippen LogP contribution in [-0.2, 0) is 0 Å². The van der Waals surface area contributed by atoms with Gasteiger partial charge in [-0.3, -0.25) is 0 Å². The Morgan fingerprint density at radius 1 is 1.00 bits per heavy atom. The van der Waals surface area contributed by atoms with Gasteiger partial charge in [0.1, 0.15) is 11.6 Å². The molecule has 0 spiro atoms. The van der Waals surface area contributed by atoms with Crippen molar-refractivity contribution in [1.29, 1.82) is 0 Å². The number of aromatic nitrogens is 2. The van der Waals surface area contributed by atoms with Gasteiger partial charge in [-0.1, -0.05) is 6.07 Å². The molecule has 0 saturated carbocycles. The van der Waals surface area contributed by atoms with E-state index >= 15 is 0 Å². The van der Waals surface area contributed by atoms with Crippen molar-refractivity contribution in [2.45, 2.75) is 6.92 Å². The van der Waals surface area contributed by atoms with Crippen LogP contribution in [0.2, 0.25) is 0 Å². The van der Waals surface area contributed by atoms with E-state index in [9.17, 15) is 4.79 Å². The summed E-state index contributed by atoms with van der Waals surface area (Å²) in [6.07, 6.45) is 0. The van der Waals surface area contributed by atoms with Gasteiger partial charge < -0.3 is 20.5 Å². The number of carboxylic acids is 1. The number of hydrogen-bond donors (Lipinski definition) is 3. The largest absolute Gasteiger partial charge is 0.497 e. The Hall–Kier alpha value is -3.61. The van der Waals surface area contributed by atoms with Gasteiger partial charge in [-0.15, -0.1) is 0 Å². The molecule has 7 heteroatoms. The number of aryl methyl sites for hydroxylation is 1. The molecule has 0 aliphatic rings. The number of benzene rings is 2. The van der Waals surface area contributed by atoms with Crippen molar-refractivity contribution in [3.8, 4) is 5.75 Å². The van der Waals surface area contributed by atoms with Crippen molar-refractivity contribution in [3.05, 3.63) is 65.9 Å². The van der Waals surface area contributed by atoms with Crippen LogP contribution < -0.4 is 15.4 Å². The third-order valence-electron chi connectivity index (χ3n) is 3.58. The van der Waals surface area contributed by atoms with E-state index in [1.165, 1.54) is 12.1 Å². The quantitative estimate of drug-likeness (QED) is 0.619. The van der Waals surface area contributed by atoms with Crippen LogP contribution in [0.3, 0.4) is 0 Å². The van der Waals surface area contributed by atoms with Crippen molar-refractivity contribution in [1.82, 2.24) is 9.97 Å². The second-order valence-corrected chi connectivity index (χ2v) is 5.58. The number of nitrogens with zero attached hydrogens (tertiary/aromatic N) is 2. The van der Waals surface area contributed by atoms with E-state index in [1.54, 1.807) is 19.2 Å². The van der Waals surface area contributed by atoms with E-state index in [4.69, 9.17) is 9.84 Å². The number of carbonyl (C=O) groups is 1. The van der Waals surface area contributed by atoms with Crippen LogP contribution in [0.15, 0.2) is 54.6 Å². The first-order chi connectivity index (χ1) is 12.5. The lowest BCUT2D eigenvalue weighted by Gasteiger charge is -2.11. The third kappa shape index (κ3) is 4.27. The fourth-order valence-electron chi connectivity index (χ4n) is 2.36. The van der Waals surface area contributed by atoms with Crippen molar-refractivity contribution in [2.24, 2.45) is 0 Å². The van der Waals surface area contributed by atoms with Gasteiger partial charge in [-0.05, 0) is 43.3 Å². The van der Waals surface area contributed by atoms with Gasteiger partial charge in [-0.2, -0.15) is 4.98 Å². The lowest BCUT2D eigenvalue weighted by Crippen LogP contribution is -2.03. The Balaban J connectivity index is 1.79. The van der Waals surface area contributed by atoms with Crippen LogP contribution in [-0.4, -0.2) is 28.2 Å². The molecule has 0 bridgehead atoms. The first-order valence-electron chi connectivity index (χ1n) is 7.90. The summed E-state index contributed by atoms with van der Waals surface area (Å²) < 4.78 is 5.21. The van der Waals surface area contributed by atoms with Crippen LogP contribution in [0.5, 0.6) is 5.75 Å². The standard InChI is InChI=1S/C19H18N4O3/c1-12-10-17(21-14-8-6-13(7-9-14)18(24)25)23-19(20-12)22-15-4-3-5-16(11-15)26-2/h3-11H,1-2H3,(H,24,25)(H2,20,21,22,23). The summed E-state index contributed by atoms with van der Waals surface area (Å²) in [5.41, 5.74) is 2.57. The lowest BCUT2D eigenvalue weighted by atomic mass is 10.2. The summed E-state index contributed by atoms with van der Waals surface area (Å²) in [6, 6.07) is 15.7. The molecule has 26 heavy (non-hydrogen) atoms. The molecule has 3 aromatic rings. The number of methoxy groups -OCH3 is 1. The summed E-state index contributed by atoms with van der Waals surface area (Å²) in [5, 5.41) is 15.3. The minimum Gasteiger partial charge on any atom is -0.497 e. The molecule has 1 heterocycles. The number of carboxylic acid groups (broad SMARTS) is 1. The molecule has 0 aliphatic heterocycles. The molecule has 0 aliphatic carbocycles. The summed E-state index contributed by atoms with van der Waals surface area (Å²) >= 11 is 0. The van der Waals surface area contributed by atoms with E-state index in [-0.39, 0.29) is 5.56 Å². The van der Waals surface area contributed by atoms with Crippen molar-refractivity contribution >= 4 is 29.1 Å². The number of ether oxygens (including phenoxy) is 1. The lowest BCUT2D eigenvalue weighted by molar-refractivity contribution is 0.0697. The summed E-state index contributed by atoms with van der Waals surface area (Å²) in [7, 11) is 1.61. The van der Waals surface area contributed by atoms with Crippen LogP contribution in [0, 0.1) is 6.92 Å². The Labute approximate surface area is 150 Å². The summed E-state index contributed by atoms with van der Waals surface area (Å²) in [4.78, 5) is 19.8. The SMILES string of the molecule is COc1cccc(Nc2nc(C)cc(Nc3ccc(C(=O)O)cc3)n2)c1. The fraction of sp³-hybridized carbons (Fsp3) is 0.105. The Kier molecular flexibility index (Phi) is 4.98. The maximum absolute atomic E-state index is 10.9. The molecule has 0 saturated heterocycles. The number of anilines is 4. The average Bonchev–Trinajstić information content (AvgIpc) is 2.62. The normalized spacial score (nSPS) is 10.2. The van der Waals surface area contributed by atoms with Crippen molar-refractivity contribution in [3.63, 3.8) is 0 Å². The molecule has 3 rings (SSSR count). The van der Waals surface area contributed by atoms with Gasteiger partial charge in [0.15, 0.2) is 0 Å². The molecule has 0 radical (unpaired) electrons. The molecule has 0 amide bonds. The van der Waals surface area contributed by atoms with E-state index < -0.39 is 5.97 Å². The Morgan fingerprint density at radius 2 is 1.77 bits per heavy atom. The minimum absolute atomic E-state index is 0.231. The molecule has 1 aromatic heterocycles. The van der Waals surface area contributed by atoms with Crippen molar-refractivity contribution in [2.75, 3.05) is 17.7 Å². The highest BCUT2D eigenvalue weighted by atomic mass is 16.5. The number of nitrogens with one attached hydrogen (secondary N) is 2. The molecule has 3 N–H and O–H groups in total. The molecule has 2 aromatic carbocycles. The first-order valence-corrected chi connectivity index (χ1v) is 7.90. The second kappa shape index (κ2) is 7.52. The maximum Gasteiger partial charge on any atom is 0.335 e. The van der Waals surface area contributed by atoms with Crippen molar-refractivity contribution < 1.29 is 14.6 Å². The predicted molar refractivity (Wildman–Crippen MR) is 99.7 cm³/mol. The highest BCUT2D eigenvalue weighted by molar-refractivity contribution is 5.88. The van der Waals surface area contributed by atoms with Gasteiger partial charge in [0.05, 0.1) is 12.7 Å². The monoisotopic (exact) mass is 350 g/mol. The topological polar surface area (TPSA) is 96.4 Å². The molecular weight excluding hydrogens is 332 g/mol. The molecule has 0 fully saturated rings. The van der Waals surface area contributed by atoms with E-state index in [2.05, 4.69) is 20.6 Å². The number of aromatic carboxylic acids is 1. The maximum atomic E-state index is 10.9. The zero-order chi connectivity index (χ0) is 18.5. The van der Waals surface area contributed by atoms with E-state index in [0.717, 1.165) is 22.8 Å². The molecule has 0 atom stereocenters. The van der Waals surface area contributed by atoms with E-state index in [0.29, 0.717) is 11.8 Å². The average molecular weight is 350 g/mol. The molecule has 132 valence electrons. The number of hydrogen-bond acceptors (Lipinski definition) is 6. The summed E-state index contributed by atoms with van der Waals surface area (Å²) in [6.45, 7) is 1.87. The first kappa shape index (κ1) is 17.2. The van der Waals surface area contributed by atoms with Gasteiger partial charge >= 0.3 is 5.97 Å². The summed E-state index contributed by atoms with van der Waals surface area (Å²) in [5.74, 6) is 0.826. The second-order valence-electron chi connectivity index (χ2n) is 5.58. The van der Waals surface area contributed by atoms with Crippen LogP contribution in [0.25, 0.3) is 0 Å².